The molecular weight excluding hydrogens is 553 g/mol. The maximum atomic E-state index is 13.1. The van der Waals surface area contributed by atoms with Gasteiger partial charge in [-0.05, 0) is 76.3 Å². The third kappa shape index (κ3) is 5.84. The minimum atomic E-state index is -0.605. The Morgan fingerprint density at radius 1 is 1.07 bits per heavy atom. The zero-order chi connectivity index (χ0) is 28.8. The largest absolute Gasteiger partial charge is 0.485 e. The normalized spacial score (nSPS) is 26.1. The van der Waals surface area contributed by atoms with E-state index >= 15 is 0 Å². The van der Waals surface area contributed by atoms with Crippen LogP contribution < -0.4 is 9.64 Å². The van der Waals surface area contributed by atoms with Crippen molar-refractivity contribution < 1.29 is 23.8 Å². The van der Waals surface area contributed by atoms with Crippen LogP contribution in [0.1, 0.15) is 63.5 Å². The minimum Gasteiger partial charge on any atom is -0.485 e. The van der Waals surface area contributed by atoms with Crippen LogP contribution in [-0.4, -0.2) is 65.9 Å². The van der Waals surface area contributed by atoms with Gasteiger partial charge in [0.1, 0.15) is 17.5 Å². The van der Waals surface area contributed by atoms with Gasteiger partial charge in [-0.1, -0.05) is 29.3 Å². The molecular formula is C30H37Cl2N3O5. The van der Waals surface area contributed by atoms with Gasteiger partial charge >= 0.3 is 12.1 Å². The van der Waals surface area contributed by atoms with Crippen LogP contribution in [0.3, 0.4) is 0 Å². The number of carbonyl (C=O) groups is 2. The second-order valence-electron chi connectivity index (χ2n) is 12.1. The van der Waals surface area contributed by atoms with Crippen molar-refractivity contribution in [1.82, 2.24) is 9.88 Å². The van der Waals surface area contributed by atoms with Crippen LogP contribution in [0.15, 0.2) is 30.5 Å². The van der Waals surface area contributed by atoms with Gasteiger partial charge in [0.05, 0.1) is 29.6 Å². The topological polar surface area (TPSA) is 81.2 Å². The van der Waals surface area contributed by atoms with Crippen LogP contribution in [0.25, 0.3) is 0 Å². The summed E-state index contributed by atoms with van der Waals surface area (Å²) in [4.78, 5) is 34.9. The van der Waals surface area contributed by atoms with Crippen molar-refractivity contribution in [2.24, 2.45) is 5.92 Å². The highest BCUT2D eigenvalue weighted by molar-refractivity contribution is 6.37. The summed E-state index contributed by atoms with van der Waals surface area (Å²) in [5.41, 5.74) is 1.36. The Morgan fingerprint density at radius 3 is 2.42 bits per heavy atom. The molecule has 4 heterocycles. The summed E-state index contributed by atoms with van der Waals surface area (Å²) < 4.78 is 17.1. The molecule has 40 heavy (non-hydrogen) atoms. The molecule has 3 aliphatic rings. The van der Waals surface area contributed by atoms with E-state index < -0.39 is 11.5 Å². The first-order valence-electron chi connectivity index (χ1n) is 13.9. The predicted octanol–water partition coefficient (Wildman–Crippen LogP) is 6.40. The number of ether oxygens (including phenoxy) is 3. The van der Waals surface area contributed by atoms with E-state index in [4.69, 9.17) is 42.4 Å². The molecule has 5 rings (SSSR count). The summed E-state index contributed by atoms with van der Waals surface area (Å²) in [6, 6.07) is 7.50. The van der Waals surface area contributed by atoms with E-state index in [1.807, 2.05) is 58.2 Å². The monoisotopic (exact) mass is 589 g/mol. The second-order valence-corrected chi connectivity index (χ2v) is 12.9. The molecule has 8 nitrogen and oxygen atoms in total. The first kappa shape index (κ1) is 28.8. The van der Waals surface area contributed by atoms with Gasteiger partial charge < -0.3 is 24.0 Å². The number of fused-ring (bicyclic) bond motifs is 2. The van der Waals surface area contributed by atoms with E-state index in [2.05, 4.69) is 4.90 Å². The lowest BCUT2D eigenvalue weighted by Gasteiger charge is -2.43. The summed E-state index contributed by atoms with van der Waals surface area (Å²) in [7, 11) is 1.41. The van der Waals surface area contributed by atoms with Gasteiger partial charge in [0, 0.05) is 37.2 Å². The van der Waals surface area contributed by atoms with Gasteiger partial charge in [0.25, 0.3) is 0 Å². The van der Waals surface area contributed by atoms with Crippen molar-refractivity contribution in [1.29, 1.82) is 0 Å². The average molecular weight is 591 g/mol. The molecule has 0 saturated carbocycles. The molecule has 5 atom stereocenters. The molecule has 0 N–H and O–H groups in total. The van der Waals surface area contributed by atoms with Crippen LogP contribution in [0.5, 0.6) is 5.75 Å². The van der Waals surface area contributed by atoms with E-state index in [1.54, 1.807) is 4.90 Å². The Labute approximate surface area is 245 Å². The SMILES string of the molecule is COC(=O)[C@H]1[C@H](c2ccc(N3CC[C@@H](Oc4c(Cl)cc(C)cc4Cl)C3)nc2)C[C@H]2CC[C@@H]1N2C(=O)OC(C)(C)C. The highest BCUT2D eigenvalue weighted by Crippen LogP contribution is 2.48. The van der Waals surface area contributed by atoms with Crippen molar-refractivity contribution in [3.8, 4) is 5.75 Å². The highest BCUT2D eigenvalue weighted by Gasteiger charge is 2.53. The first-order valence-corrected chi connectivity index (χ1v) is 14.6. The minimum absolute atomic E-state index is 0.0161. The maximum absolute atomic E-state index is 13.1. The Hall–Kier alpha value is -2.71. The fraction of sp³-hybridized carbons (Fsp3) is 0.567. The Balaban J connectivity index is 1.29. The number of pyridine rings is 1. The third-order valence-corrected chi connectivity index (χ3v) is 8.65. The lowest BCUT2D eigenvalue weighted by atomic mass is 9.76. The molecule has 0 radical (unpaired) electrons. The van der Waals surface area contributed by atoms with Gasteiger partial charge in [-0.2, -0.15) is 0 Å². The Kier molecular flexibility index (Phi) is 8.13. The zero-order valence-corrected chi connectivity index (χ0v) is 25.2. The van der Waals surface area contributed by atoms with E-state index in [1.165, 1.54) is 7.11 Å². The fourth-order valence-corrected chi connectivity index (χ4v) is 7.09. The number of amides is 1. The summed E-state index contributed by atoms with van der Waals surface area (Å²) in [5.74, 6) is 0.495. The van der Waals surface area contributed by atoms with Crippen LogP contribution in [0.4, 0.5) is 10.6 Å². The smallest absolute Gasteiger partial charge is 0.410 e. The quantitative estimate of drug-likeness (QED) is 0.373. The number of benzene rings is 1. The summed E-state index contributed by atoms with van der Waals surface area (Å²) in [5, 5.41) is 1.02. The van der Waals surface area contributed by atoms with Crippen molar-refractivity contribution in [3.63, 3.8) is 0 Å². The van der Waals surface area contributed by atoms with Gasteiger partial charge in [-0.15, -0.1) is 0 Å². The van der Waals surface area contributed by atoms with Crippen molar-refractivity contribution >= 4 is 41.1 Å². The molecule has 2 bridgehead atoms. The third-order valence-electron chi connectivity index (χ3n) is 8.09. The number of halogens is 2. The van der Waals surface area contributed by atoms with Crippen molar-refractivity contribution in [2.75, 3.05) is 25.1 Å². The summed E-state index contributed by atoms with van der Waals surface area (Å²) >= 11 is 12.8. The van der Waals surface area contributed by atoms with Crippen LogP contribution in [-0.2, 0) is 14.3 Å². The van der Waals surface area contributed by atoms with Crippen molar-refractivity contribution in [2.45, 2.75) is 83.1 Å². The van der Waals surface area contributed by atoms with Gasteiger partial charge in [-0.25, -0.2) is 9.78 Å². The van der Waals surface area contributed by atoms with E-state index in [0.29, 0.717) is 28.8 Å². The van der Waals surface area contributed by atoms with E-state index in [9.17, 15) is 9.59 Å². The van der Waals surface area contributed by atoms with E-state index in [-0.39, 0.29) is 36.2 Å². The molecule has 216 valence electrons. The molecule has 1 aromatic heterocycles. The lowest BCUT2D eigenvalue weighted by molar-refractivity contribution is -0.150. The van der Waals surface area contributed by atoms with Crippen LogP contribution in [0, 0.1) is 12.8 Å². The Bertz CT molecular complexity index is 1240. The molecule has 1 aromatic carbocycles. The van der Waals surface area contributed by atoms with Crippen LogP contribution >= 0.6 is 23.2 Å². The van der Waals surface area contributed by atoms with E-state index in [0.717, 1.165) is 42.8 Å². The number of nitrogens with zero attached hydrogens (tertiary/aromatic N) is 3. The number of carbonyl (C=O) groups excluding carboxylic acids is 2. The number of rotatable bonds is 5. The molecule has 3 aliphatic heterocycles. The first-order chi connectivity index (χ1) is 18.9. The van der Waals surface area contributed by atoms with Crippen molar-refractivity contribution in [3.05, 3.63) is 51.6 Å². The number of esters is 1. The number of methoxy groups -OCH3 is 1. The number of hydrogen-bond donors (Lipinski definition) is 0. The molecule has 10 heteroatoms. The maximum Gasteiger partial charge on any atom is 0.410 e. The number of piperidine rings is 1. The predicted molar refractivity (Wildman–Crippen MR) is 154 cm³/mol. The summed E-state index contributed by atoms with van der Waals surface area (Å²) in [6.45, 7) is 8.96. The van der Waals surface area contributed by atoms with Gasteiger partial charge in [0.15, 0.2) is 5.75 Å². The molecule has 3 saturated heterocycles. The van der Waals surface area contributed by atoms with Crippen LogP contribution in [0.2, 0.25) is 10.0 Å². The molecule has 0 spiro atoms. The molecule has 0 unspecified atom stereocenters. The second kappa shape index (κ2) is 11.3. The summed E-state index contributed by atoms with van der Waals surface area (Å²) in [6.07, 6.45) is 4.50. The number of aryl methyl sites for hydroxylation is 1. The molecule has 1 amide bonds. The highest BCUT2D eigenvalue weighted by atomic mass is 35.5. The number of hydrogen-bond acceptors (Lipinski definition) is 7. The molecule has 2 aromatic rings. The van der Waals surface area contributed by atoms with Gasteiger partial charge in [-0.3, -0.25) is 4.79 Å². The Morgan fingerprint density at radius 2 is 1.80 bits per heavy atom. The van der Waals surface area contributed by atoms with Gasteiger partial charge in [0.2, 0.25) is 0 Å². The number of aromatic nitrogens is 1. The molecule has 3 fully saturated rings. The average Bonchev–Trinajstić information content (AvgIpc) is 3.48. The zero-order valence-electron chi connectivity index (χ0n) is 23.7. The lowest BCUT2D eigenvalue weighted by Crippen LogP contribution is -2.54. The standard InChI is InChI=1S/C30H37Cl2N3O5/c1-17-12-22(31)27(23(32)13-17)39-20-10-11-34(16-20)25-9-6-18(15-33-25)21-14-19-7-8-24(26(21)28(36)38-5)35(19)29(37)40-30(2,3)4/h6,9,12-13,15,19-21,24,26H,7-8,10-11,14,16H2,1-5H3/t19-,20-,21+,24+,26+/m1/s1. The molecule has 0 aliphatic carbocycles. The fourth-order valence-electron chi connectivity index (χ4n) is 6.41. The number of anilines is 1.